The van der Waals surface area contributed by atoms with Crippen LogP contribution in [0.4, 0.5) is 0 Å². The van der Waals surface area contributed by atoms with Gasteiger partial charge in [0, 0.05) is 18.2 Å². The van der Waals surface area contributed by atoms with Gasteiger partial charge in [0.2, 0.25) is 10.0 Å². The molecule has 0 aliphatic rings. The zero-order chi connectivity index (χ0) is 18.6. The van der Waals surface area contributed by atoms with Crippen molar-refractivity contribution in [2.24, 2.45) is 0 Å². The van der Waals surface area contributed by atoms with Crippen LogP contribution in [0.15, 0.2) is 70.4 Å². The molecule has 0 amide bonds. The highest BCUT2D eigenvalue weighted by Gasteiger charge is 2.19. The summed E-state index contributed by atoms with van der Waals surface area (Å²) in [5.41, 5.74) is 2.42. The van der Waals surface area contributed by atoms with E-state index in [1.54, 1.807) is 24.3 Å². The number of hydrogen-bond acceptors (Lipinski definition) is 4. The molecule has 1 aromatic heterocycles. The van der Waals surface area contributed by atoms with E-state index in [0.29, 0.717) is 17.7 Å². The molecule has 0 fully saturated rings. The Hall–Kier alpha value is -2.77. The van der Waals surface area contributed by atoms with Gasteiger partial charge in [0.1, 0.15) is 0 Å². The lowest BCUT2D eigenvalue weighted by Crippen LogP contribution is -2.24. The number of H-pyrrole nitrogens is 1. The van der Waals surface area contributed by atoms with Crippen LogP contribution in [0.2, 0.25) is 0 Å². The van der Waals surface area contributed by atoms with Gasteiger partial charge in [-0.2, -0.15) is 5.10 Å². The van der Waals surface area contributed by atoms with Crippen LogP contribution >= 0.6 is 0 Å². The molecule has 3 aromatic rings. The van der Waals surface area contributed by atoms with Gasteiger partial charge in [0.25, 0.3) is 5.56 Å². The van der Waals surface area contributed by atoms with Gasteiger partial charge in [-0.3, -0.25) is 4.79 Å². The SMILES string of the molecule is CCc1ccc(-c2ccc(=O)[nH]n2)cc1S(=O)(=O)NCc1ccccc1. The molecule has 0 aliphatic carbocycles. The van der Waals surface area contributed by atoms with E-state index in [4.69, 9.17) is 0 Å². The van der Waals surface area contributed by atoms with Crippen LogP contribution in [0.5, 0.6) is 0 Å². The van der Waals surface area contributed by atoms with Gasteiger partial charge >= 0.3 is 0 Å². The second-order valence-corrected chi connectivity index (χ2v) is 7.53. The smallest absolute Gasteiger partial charge is 0.264 e. The first-order valence-corrected chi connectivity index (χ1v) is 9.70. The van der Waals surface area contributed by atoms with Gasteiger partial charge in [0.05, 0.1) is 10.6 Å². The third-order valence-corrected chi connectivity index (χ3v) is 5.51. The maximum absolute atomic E-state index is 12.8. The average Bonchev–Trinajstić information content (AvgIpc) is 2.67. The van der Waals surface area contributed by atoms with Crippen LogP contribution in [-0.4, -0.2) is 18.6 Å². The fourth-order valence-electron chi connectivity index (χ4n) is 2.61. The van der Waals surface area contributed by atoms with Crippen molar-refractivity contribution in [1.29, 1.82) is 0 Å². The largest absolute Gasteiger partial charge is 0.268 e. The molecule has 0 aliphatic heterocycles. The molecular formula is C19H19N3O3S. The molecule has 26 heavy (non-hydrogen) atoms. The predicted octanol–water partition coefficient (Wildman–Crippen LogP) is 2.48. The molecule has 1 heterocycles. The van der Waals surface area contributed by atoms with Crippen LogP contribution < -0.4 is 10.3 Å². The van der Waals surface area contributed by atoms with Crippen molar-refractivity contribution in [3.05, 3.63) is 82.1 Å². The Bertz CT molecular complexity index is 1040. The van der Waals surface area contributed by atoms with E-state index in [-0.39, 0.29) is 17.0 Å². The third kappa shape index (κ3) is 4.07. The topological polar surface area (TPSA) is 91.9 Å². The normalized spacial score (nSPS) is 11.4. The monoisotopic (exact) mass is 369 g/mol. The van der Waals surface area contributed by atoms with E-state index in [1.165, 1.54) is 6.07 Å². The number of hydrogen-bond donors (Lipinski definition) is 2. The first-order valence-electron chi connectivity index (χ1n) is 8.22. The summed E-state index contributed by atoms with van der Waals surface area (Å²) in [7, 11) is -3.69. The van der Waals surface area contributed by atoms with Crippen molar-refractivity contribution < 1.29 is 8.42 Å². The first kappa shape index (κ1) is 18.0. The maximum atomic E-state index is 12.8. The van der Waals surface area contributed by atoms with Gasteiger partial charge < -0.3 is 0 Å². The standard InChI is InChI=1S/C19H19N3O3S/c1-2-15-8-9-16(17-10-11-19(23)22-21-17)12-18(15)26(24,25)20-13-14-6-4-3-5-7-14/h3-12,20H,2,13H2,1H3,(H,22,23). The van der Waals surface area contributed by atoms with Crippen molar-refractivity contribution in [3.8, 4) is 11.3 Å². The van der Waals surface area contributed by atoms with Crippen molar-refractivity contribution in [2.75, 3.05) is 0 Å². The molecule has 0 bridgehead atoms. The maximum Gasteiger partial charge on any atom is 0.264 e. The van der Waals surface area contributed by atoms with Gasteiger partial charge in [0.15, 0.2) is 0 Å². The summed E-state index contributed by atoms with van der Waals surface area (Å²) in [6, 6.07) is 17.4. The Morgan fingerprint density at radius 2 is 1.81 bits per heavy atom. The van der Waals surface area contributed by atoms with Crippen LogP contribution in [0, 0.1) is 0 Å². The molecule has 0 saturated carbocycles. The number of nitrogens with zero attached hydrogens (tertiary/aromatic N) is 1. The van der Waals surface area contributed by atoms with E-state index >= 15 is 0 Å². The fourth-order valence-corrected chi connectivity index (χ4v) is 3.97. The quantitative estimate of drug-likeness (QED) is 0.698. The zero-order valence-corrected chi connectivity index (χ0v) is 15.1. The summed E-state index contributed by atoms with van der Waals surface area (Å²) in [4.78, 5) is 11.4. The van der Waals surface area contributed by atoms with Gasteiger partial charge in [-0.1, -0.05) is 49.4 Å². The second kappa shape index (κ2) is 7.63. The van der Waals surface area contributed by atoms with Crippen LogP contribution in [0.25, 0.3) is 11.3 Å². The molecule has 0 spiro atoms. The number of rotatable bonds is 6. The van der Waals surface area contributed by atoms with E-state index < -0.39 is 10.0 Å². The summed E-state index contributed by atoms with van der Waals surface area (Å²) in [5, 5.41) is 6.33. The summed E-state index contributed by atoms with van der Waals surface area (Å²) in [5.74, 6) is 0. The fraction of sp³-hybridized carbons (Fsp3) is 0.158. The van der Waals surface area contributed by atoms with Gasteiger partial charge in [-0.05, 0) is 29.7 Å². The van der Waals surface area contributed by atoms with E-state index in [2.05, 4.69) is 14.9 Å². The Morgan fingerprint density at radius 1 is 1.04 bits per heavy atom. The first-order chi connectivity index (χ1) is 12.5. The summed E-state index contributed by atoms with van der Waals surface area (Å²) in [6.07, 6.45) is 0.584. The van der Waals surface area contributed by atoms with Crippen molar-refractivity contribution in [2.45, 2.75) is 24.8 Å². The number of benzene rings is 2. The van der Waals surface area contributed by atoms with Crippen molar-refractivity contribution in [1.82, 2.24) is 14.9 Å². The Kier molecular flexibility index (Phi) is 5.29. The lowest BCUT2D eigenvalue weighted by atomic mass is 10.1. The molecule has 2 N–H and O–H groups in total. The summed E-state index contributed by atoms with van der Waals surface area (Å²) >= 11 is 0. The molecule has 2 aromatic carbocycles. The molecule has 6 nitrogen and oxygen atoms in total. The molecular weight excluding hydrogens is 350 g/mol. The van der Waals surface area contributed by atoms with E-state index in [9.17, 15) is 13.2 Å². The number of nitrogens with one attached hydrogen (secondary N) is 2. The molecule has 0 atom stereocenters. The minimum atomic E-state index is -3.69. The molecule has 3 rings (SSSR count). The highest BCUT2D eigenvalue weighted by Crippen LogP contribution is 2.24. The molecule has 0 saturated heterocycles. The van der Waals surface area contributed by atoms with Crippen molar-refractivity contribution >= 4 is 10.0 Å². The van der Waals surface area contributed by atoms with Crippen LogP contribution in [-0.2, 0) is 23.0 Å². The number of aromatic amines is 1. The highest BCUT2D eigenvalue weighted by molar-refractivity contribution is 7.89. The minimum absolute atomic E-state index is 0.216. The second-order valence-electron chi connectivity index (χ2n) is 5.79. The summed E-state index contributed by atoms with van der Waals surface area (Å²) in [6.45, 7) is 2.12. The van der Waals surface area contributed by atoms with Crippen molar-refractivity contribution in [3.63, 3.8) is 0 Å². The van der Waals surface area contributed by atoms with Crippen LogP contribution in [0.1, 0.15) is 18.1 Å². The highest BCUT2D eigenvalue weighted by atomic mass is 32.2. The Labute approximate surface area is 152 Å². The molecule has 7 heteroatoms. The van der Waals surface area contributed by atoms with Gasteiger partial charge in [-0.15, -0.1) is 0 Å². The predicted molar refractivity (Wildman–Crippen MR) is 100 cm³/mol. The summed E-state index contributed by atoms with van der Waals surface area (Å²) < 4.78 is 28.3. The third-order valence-electron chi connectivity index (χ3n) is 4.02. The lowest BCUT2D eigenvalue weighted by molar-refractivity contribution is 0.580. The Morgan fingerprint density at radius 3 is 2.46 bits per heavy atom. The zero-order valence-electron chi connectivity index (χ0n) is 14.3. The van der Waals surface area contributed by atoms with Crippen LogP contribution in [0.3, 0.4) is 0 Å². The number of sulfonamides is 1. The number of aryl methyl sites for hydroxylation is 1. The minimum Gasteiger partial charge on any atom is -0.268 e. The van der Waals surface area contributed by atoms with E-state index in [1.807, 2.05) is 37.3 Å². The van der Waals surface area contributed by atoms with Gasteiger partial charge in [-0.25, -0.2) is 18.2 Å². The lowest BCUT2D eigenvalue weighted by Gasteiger charge is -2.12. The number of aromatic nitrogens is 2. The Balaban J connectivity index is 1.95. The molecule has 134 valence electrons. The molecule has 0 unspecified atom stereocenters. The average molecular weight is 369 g/mol. The molecule has 0 radical (unpaired) electrons. The van der Waals surface area contributed by atoms with E-state index in [0.717, 1.165) is 11.1 Å².